The van der Waals surface area contributed by atoms with Crippen LogP contribution in [0, 0.1) is 23.7 Å². The van der Waals surface area contributed by atoms with Crippen molar-refractivity contribution in [3.8, 4) is 0 Å². The predicted octanol–water partition coefficient (Wildman–Crippen LogP) is 3.47. The van der Waals surface area contributed by atoms with E-state index in [4.69, 9.17) is 5.73 Å². The second-order valence-corrected chi connectivity index (χ2v) is 7.62. The molecule has 2 rings (SSSR count). The maximum Gasteiger partial charge on any atom is 0.223 e. The largest absolute Gasteiger partial charge is 0.353 e. The number of hydrogen-bond donors (Lipinski definition) is 2. The highest BCUT2D eigenvalue weighted by molar-refractivity contribution is 5.79. The monoisotopic (exact) mass is 294 g/mol. The van der Waals surface area contributed by atoms with Gasteiger partial charge in [-0.15, -0.1) is 0 Å². The number of hydrogen-bond acceptors (Lipinski definition) is 2. The van der Waals surface area contributed by atoms with E-state index in [1.165, 1.54) is 32.1 Å². The van der Waals surface area contributed by atoms with Gasteiger partial charge in [0.2, 0.25) is 5.91 Å². The normalized spacial score (nSPS) is 36.2. The molecule has 21 heavy (non-hydrogen) atoms. The fourth-order valence-electron chi connectivity index (χ4n) is 4.43. The first-order valence-corrected chi connectivity index (χ1v) is 9.08. The zero-order valence-electron chi connectivity index (χ0n) is 14.1. The minimum atomic E-state index is 0.119. The average Bonchev–Trinajstić information content (AvgIpc) is 2.49. The number of nitrogens with one attached hydrogen (secondary N) is 1. The smallest absolute Gasteiger partial charge is 0.223 e. The Labute approximate surface area is 130 Å². The van der Waals surface area contributed by atoms with E-state index in [9.17, 15) is 4.79 Å². The van der Waals surface area contributed by atoms with Crippen LogP contribution in [0.1, 0.15) is 72.1 Å². The third-order valence-corrected chi connectivity index (χ3v) is 6.01. The van der Waals surface area contributed by atoms with Crippen molar-refractivity contribution in [2.75, 3.05) is 0 Å². The highest BCUT2D eigenvalue weighted by Gasteiger charge is 2.36. The Morgan fingerprint density at radius 3 is 2.43 bits per heavy atom. The van der Waals surface area contributed by atoms with Gasteiger partial charge in [0.15, 0.2) is 0 Å². The Morgan fingerprint density at radius 2 is 1.81 bits per heavy atom. The molecule has 0 saturated heterocycles. The molecule has 5 unspecified atom stereocenters. The molecular formula is C18H34N2O. The van der Waals surface area contributed by atoms with Crippen LogP contribution in [0.15, 0.2) is 0 Å². The molecule has 0 aliphatic heterocycles. The second-order valence-electron chi connectivity index (χ2n) is 7.62. The summed E-state index contributed by atoms with van der Waals surface area (Å²) in [6.07, 6.45) is 9.60. The van der Waals surface area contributed by atoms with Crippen LogP contribution in [0.25, 0.3) is 0 Å². The summed E-state index contributed by atoms with van der Waals surface area (Å²) in [5.41, 5.74) is 6.19. The van der Waals surface area contributed by atoms with Crippen molar-refractivity contribution in [2.24, 2.45) is 29.4 Å². The van der Waals surface area contributed by atoms with E-state index in [1.54, 1.807) is 0 Å². The molecule has 2 saturated carbocycles. The molecule has 0 radical (unpaired) electrons. The third-order valence-electron chi connectivity index (χ3n) is 6.01. The molecule has 0 bridgehead atoms. The van der Waals surface area contributed by atoms with Gasteiger partial charge in [-0.05, 0) is 49.9 Å². The van der Waals surface area contributed by atoms with Gasteiger partial charge in [-0.3, -0.25) is 4.79 Å². The first-order valence-electron chi connectivity index (χ1n) is 9.08. The lowest BCUT2D eigenvalue weighted by atomic mass is 9.72. The van der Waals surface area contributed by atoms with E-state index >= 15 is 0 Å². The van der Waals surface area contributed by atoms with Crippen LogP contribution in [0.3, 0.4) is 0 Å². The van der Waals surface area contributed by atoms with Crippen molar-refractivity contribution < 1.29 is 4.79 Å². The van der Waals surface area contributed by atoms with Gasteiger partial charge in [0, 0.05) is 18.0 Å². The van der Waals surface area contributed by atoms with Crippen LogP contribution in [-0.4, -0.2) is 18.0 Å². The molecule has 2 aliphatic carbocycles. The number of nitrogens with two attached hydrogens (primary N) is 1. The van der Waals surface area contributed by atoms with Gasteiger partial charge in [0.1, 0.15) is 0 Å². The van der Waals surface area contributed by atoms with Crippen LogP contribution >= 0.6 is 0 Å². The molecule has 2 fully saturated rings. The molecule has 122 valence electrons. The lowest BCUT2D eigenvalue weighted by Gasteiger charge is -2.38. The van der Waals surface area contributed by atoms with Gasteiger partial charge in [-0.2, -0.15) is 0 Å². The topological polar surface area (TPSA) is 55.1 Å². The van der Waals surface area contributed by atoms with Gasteiger partial charge in [0.25, 0.3) is 0 Å². The summed E-state index contributed by atoms with van der Waals surface area (Å²) in [5, 5.41) is 3.38. The molecule has 0 spiro atoms. The summed E-state index contributed by atoms with van der Waals surface area (Å²) in [5.74, 6) is 2.09. The summed E-state index contributed by atoms with van der Waals surface area (Å²) >= 11 is 0. The van der Waals surface area contributed by atoms with E-state index in [0.717, 1.165) is 19.3 Å². The van der Waals surface area contributed by atoms with Crippen molar-refractivity contribution in [1.82, 2.24) is 5.32 Å². The molecule has 3 heteroatoms. The Kier molecular flexibility index (Phi) is 6.09. The number of rotatable bonds is 4. The van der Waals surface area contributed by atoms with E-state index in [0.29, 0.717) is 23.8 Å². The molecule has 0 aromatic heterocycles. The molecule has 3 N–H and O–H groups in total. The molecular weight excluding hydrogens is 260 g/mol. The van der Waals surface area contributed by atoms with Gasteiger partial charge in [0.05, 0.1) is 0 Å². The maximum absolute atomic E-state index is 12.7. The highest BCUT2D eigenvalue weighted by atomic mass is 16.2. The van der Waals surface area contributed by atoms with Gasteiger partial charge >= 0.3 is 0 Å². The molecule has 0 aromatic carbocycles. The van der Waals surface area contributed by atoms with E-state index in [1.807, 2.05) is 0 Å². The lowest BCUT2D eigenvalue weighted by molar-refractivity contribution is -0.129. The van der Waals surface area contributed by atoms with E-state index in [2.05, 4.69) is 26.1 Å². The quantitative estimate of drug-likeness (QED) is 0.834. The molecule has 1 amide bonds. The van der Waals surface area contributed by atoms with Crippen LogP contribution in [0.2, 0.25) is 0 Å². The zero-order valence-corrected chi connectivity index (χ0v) is 14.1. The second kappa shape index (κ2) is 7.62. The Bertz CT molecular complexity index is 338. The van der Waals surface area contributed by atoms with Crippen LogP contribution < -0.4 is 11.1 Å². The summed E-state index contributed by atoms with van der Waals surface area (Å²) in [4.78, 5) is 12.7. The number of carbonyl (C=O) groups is 1. The average molecular weight is 294 g/mol. The molecule has 3 nitrogen and oxygen atoms in total. The van der Waals surface area contributed by atoms with Crippen molar-refractivity contribution in [3.63, 3.8) is 0 Å². The SMILES string of the molecule is CCC(NC(=O)C1CC(N)C(C)CC1C)C1CCCCC1. The molecule has 0 aromatic rings. The van der Waals surface area contributed by atoms with E-state index in [-0.39, 0.29) is 17.9 Å². The highest BCUT2D eigenvalue weighted by Crippen LogP contribution is 2.34. The Balaban J connectivity index is 1.92. The predicted molar refractivity (Wildman–Crippen MR) is 87.8 cm³/mol. The molecule has 0 heterocycles. The lowest BCUT2D eigenvalue weighted by Crippen LogP contribution is -2.49. The summed E-state index contributed by atoms with van der Waals surface area (Å²) in [6, 6.07) is 0.562. The Morgan fingerprint density at radius 1 is 1.14 bits per heavy atom. The van der Waals surface area contributed by atoms with Crippen molar-refractivity contribution in [2.45, 2.75) is 84.2 Å². The molecule has 2 aliphatic rings. The summed E-state index contributed by atoms with van der Waals surface area (Å²) < 4.78 is 0. The summed E-state index contributed by atoms with van der Waals surface area (Å²) in [6.45, 7) is 6.64. The summed E-state index contributed by atoms with van der Waals surface area (Å²) in [7, 11) is 0. The molecule has 5 atom stereocenters. The number of carbonyl (C=O) groups excluding carboxylic acids is 1. The fraction of sp³-hybridized carbons (Fsp3) is 0.944. The van der Waals surface area contributed by atoms with E-state index < -0.39 is 0 Å². The van der Waals surface area contributed by atoms with Crippen LogP contribution in [0.5, 0.6) is 0 Å². The first-order chi connectivity index (χ1) is 10.0. The van der Waals surface area contributed by atoms with Gasteiger partial charge in [-0.25, -0.2) is 0 Å². The standard InChI is InChI=1S/C18H34N2O/c1-4-17(14-8-6-5-7-9-14)20-18(21)15-11-16(19)13(3)10-12(15)2/h12-17H,4-11,19H2,1-3H3,(H,20,21). The van der Waals surface area contributed by atoms with Crippen LogP contribution in [-0.2, 0) is 4.79 Å². The van der Waals surface area contributed by atoms with Gasteiger partial charge in [-0.1, -0.05) is 40.0 Å². The van der Waals surface area contributed by atoms with Crippen LogP contribution in [0.4, 0.5) is 0 Å². The minimum absolute atomic E-state index is 0.119. The number of amides is 1. The minimum Gasteiger partial charge on any atom is -0.353 e. The van der Waals surface area contributed by atoms with Crippen molar-refractivity contribution in [1.29, 1.82) is 0 Å². The first kappa shape index (κ1) is 16.8. The van der Waals surface area contributed by atoms with Crippen molar-refractivity contribution in [3.05, 3.63) is 0 Å². The zero-order chi connectivity index (χ0) is 15.4. The fourth-order valence-corrected chi connectivity index (χ4v) is 4.43. The Hall–Kier alpha value is -0.570. The van der Waals surface area contributed by atoms with Crippen molar-refractivity contribution >= 4 is 5.91 Å². The maximum atomic E-state index is 12.7. The van der Waals surface area contributed by atoms with Gasteiger partial charge < -0.3 is 11.1 Å². The third kappa shape index (κ3) is 4.21.